The Kier molecular flexibility index (Phi) is 7.27. The molecular weight excluding hydrogens is 308 g/mol. The van der Waals surface area contributed by atoms with Crippen molar-refractivity contribution in [3.63, 3.8) is 0 Å². The molecule has 3 aliphatic rings. The van der Waals surface area contributed by atoms with E-state index in [0.29, 0.717) is 12.1 Å². The molecule has 7 nitrogen and oxygen atoms in total. The van der Waals surface area contributed by atoms with Crippen LogP contribution in [0.1, 0.15) is 6.42 Å². The number of rotatable bonds is 10. The van der Waals surface area contributed by atoms with Crippen LogP contribution in [0.5, 0.6) is 0 Å². The second-order valence-corrected chi connectivity index (χ2v) is 7.28. The maximum atomic E-state index is 9.08. The first-order valence-corrected chi connectivity index (χ1v) is 9.52. The van der Waals surface area contributed by atoms with Crippen molar-refractivity contribution in [2.45, 2.75) is 18.5 Å². The molecule has 0 spiro atoms. The SMILES string of the molecule is OCCN1CCN(CCOCCN2C[C@@H]3C[C@H]2CN3CCO)CC1. The van der Waals surface area contributed by atoms with Crippen LogP contribution in [-0.4, -0.2) is 134 Å². The highest BCUT2D eigenvalue weighted by atomic mass is 16.5. The van der Waals surface area contributed by atoms with E-state index in [-0.39, 0.29) is 13.2 Å². The summed E-state index contributed by atoms with van der Waals surface area (Å²) in [5.41, 5.74) is 0. The summed E-state index contributed by atoms with van der Waals surface area (Å²) in [6.45, 7) is 12.4. The van der Waals surface area contributed by atoms with Gasteiger partial charge in [0.2, 0.25) is 0 Å². The van der Waals surface area contributed by atoms with E-state index in [1.807, 2.05) is 0 Å². The number of aliphatic hydroxyl groups is 2. The van der Waals surface area contributed by atoms with E-state index in [2.05, 4.69) is 19.6 Å². The third-order valence-corrected chi connectivity index (χ3v) is 5.81. The number of hydrogen-bond acceptors (Lipinski definition) is 7. The molecule has 0 aliphatic carbocycles. The molecule has 0 unspecified atom stereocenters. The molecule has 3 rings (SSSR count). The van der Waals surface area contributed by atoms with Gasteiger partial charge in [0, 0.05) is 77.5 Å². The van der Waals surface area contributed by atoms with Crippen molar-refractivity contribution in [3.05, 3.63) is 0 Å². The van der Waals surface area contributed by atoms with Gasteiger partial charge in [-0.05, 0) is 6.42 Å². The van der Waals surface area contributed by atoms with Crippen molar-refractivity contribution in [2.75, 3.05) is 91.9 Å². The molecule has 2 atom stereocenters. The van der Waals surface area contributed by atoms with Crippen LogP contribution in [0.4, 0.5) is 0 Å². The van der Waals surface area contributed by atoms with Crippen molar-refractivity contribution in [2.24, 2.45) is 0 Å². The summed E-state index contributed by atoms with van der Waals surface area (Å²) >= 11 is 0. The molecule has 0 aromatic heterocycles. The fraction of sp³-hybridized carbons (Fsp3) is 1.00. The van der Waals surface area contributed by atoms with Crippen molar-refractivity contribution >= 4 is 0 Å². The quantitative estimate of drug-likeness (QED) is 0.462. The van der Waals surface area contributed by atoms with E-state index in [1.165, 1.54) is 6.42 Å². The number of nitrogens with zero attached hydrogens (tertiary/aromatic N) is 4. The predicted molar refractivity (Wildman–Crippen MR) is 93.2 cm³/mol. The highest BCUT2D eigenvalue weighted by Gasteiger charge is 2.42. The zero-order valence-electron chi connectivity index (χ0n) is 14.9. The summed E-state index contributed by atoms with van der Waals surface area (Å²) in [4.78, 5) is 9.77. The molecular formula is C17H34N4O3. The van der Waals surface area contributed by atoms with Gasteiger partial charge < -0.3 is 14.9 Å². The lowest BCUT2D eigenvalue weighted by atomic mass is 10.2. The minimum Gasteiger partial charge on any atom is -0.395 e. The Morgan fingerprint density at radius 1 is 0.708 bits per heavy atom. The van der Waals surface area contributed by atoms with Crippen molar-refractivity contribution in [1.82, 2.24) is 19.6 Å². The molecule has 0 saturated carbocycles. The lowest BCUT2D eigenvalue weighted by Gasteiger charge is -2.34. The summed E-state index contributed by atoms with van der Waals surface area (Å²) in [7, 11) is 0. The van der Waals surface area contributed by atoms with E-state index < -0.39 is 0 Å². The Hall–Kier alpha value is -0.280. The van der Waals surface area contributed by atoms with Crippen LogP contribution in [0.2, 0.25) is 0 Å². The van der Waals surface area contributed by atoms with Crippen LogP contribution < -0.4 is 0 Å². The van der Waals surface area contributed by atoms with Gasteiger partial charge in [0.25, 0.3) is 0 Å². The Labute approximate surface area is 145 Å². The Bertz CT molecular complexity index is 366. The van der Waals surface area contributed by atoms with Crippen molar-refractivity contribution in [1.29, 1.82) is 0 Å². The van der Waals surface area contributed by atoms with Crippen molar-refractivity contribution < 1.29 is 14.9 Å². The van der Waals surface area contributed by atoms with Gasteiger partial charge in [-0.25, -0.2) is 0 Å². The molecule has 24 heavy (non-hydrogen) atoms. The van der Waals surface area contributed by atoms with Crippen LogP contribution >= 0.6 is 0 Å². The average molecular weight is 342 g/mol. The third kappa shape index (κ3) is 4.88. The first-order chi connectivity index (χ1) is 11.8. The molecule has 3 saturated heterocycles. The minimum absolute atomic E-state index is 0.263. The Balaban J connectivity index is 1.21. The van der Waals surface area contributed by atoms with Crippen molar-refractivity contribution in [3.8, 4) is 0 Å². The fourth-order valence-electron chi connectivity index (χ4n) is 4.36. The zero-order valence-corrected chi connectivity index (χ0v) is 14.9. The van der Waals surface area contributed by atoms with Gasteiger partial charge >= 0.3 is 0 Å². The molecule has 0 aromatic rings. The molecule has 2 bridgehead atoms. The summed E-state index contributed by atoms with van der Waals surface area (Å²) in [6, 6.07) is 1.32. The Morgan fingerprint density at radius 2 is 1.25 bits per heavy atom. The maximum absolute atomic E-state index is 9.08. The van der Waals surface area contributed by atoms with E-state index in [0.717, 1.165) is 78.7 Å². The lowest BCUT2D eigenvalue weighted by molar-refractivity contribution is 0.0473. The van der Waals surface area contributed by atoms with Crippen LogP contribution in [-0.2, 0) is 4.74 Å². The maximum Gasteiger partial charge on any atom is 0.0594 e. The van der Waals surface area contributed by atoms with E-state index in [1.54, 1.807) is 0 Å². The van der Waals surface area contributed by atoms with Gasteiger partial charge in [-0.3, -0.25) is 19.6 Å². The van der Waals surface area contributed by atoms with Crippen LogP contribution in [0.15, 0.2) is 0 Å². The molecule has 3 heterocycles. The first kappa shape index (κ1) is 18.5. The summed E-state index contributed by atoms with van der Waals surface area (Å²) < 4.78 is 5.86. The standard InChI is InChI=1S/C17H34N4O3/c22-9-5-18-1-3-19(4-2-18)7-11-24-12-8-21-15-16-13-17(21)14-20(16)6-10-23/h16-17,22-23H,1-15H2/t16-,17-/m0/s1. The highest BCUT2D eigenvalue weighted by Crippen LogP contribution is 2.29. The monoisotopic (exact) mass is 342 g/mol. The number of ether oxygens (including phenoxy) is 1. The molecule has 2 N–H and O–H groups in total. The molecule has 7 heteroatoms. The molecule has 0 radical (unpaired) electrons. The molecule has 3 fully saturated rings. The topological polar surface area (TPSA) is 62.7 Å². The minimum atomic E-state index is 0.263. The number of likely N-dealkylation sites (tertiary alicyclic amines) is 2. The van der Waals surface area contributed by atoms with Crippen LogP contribution in [0, 0.1) is 0 Å². The van der Waals surface area contributed by atoms with Gasteiger partial charge in [-0.1, -0.05) is 0 Å². The Morgan fingerprint density at radius 3 is 1.83 bits per heavy atom. The molecule has 0 aromatic carbocycles. The lowest BCUT2D eigenvalue weighted by Crippen LogP contribution is -2.48. The first-order valence-electron chi connectivity index (χ1n) is 9.52. The molecule has 3 aliphatic heterocycles. The smallest absolute Gasteiger partial charge is 0.0594 e. The van der Waals surface area contributed by atoms with E-state index in [9.17, 15) is 0 Å². The number of aliphatic hydroxyl groups excluding tert-OH is 2. The summed E-state index contributed by atoms with van der Waals surface area (Å²) in [6.07, 6.45) is 1.26. The van der Waals surface area contributed by atoms with E-state index in [4.69, 9.17) is 14.9 Å². The third-order valence-electron chi connectivity index (χ3n) is 5.81. The number of piperazine rings is 2. The number of β-amino-alcohol motifs (C(OH)–C–C–N with tert-alkyl or cyclic N) is 2. The largest absolute Gasteiger partial charge is 0.395 e. The predicted octanol–water partition coefficient (Wildman–Crippen LogP) is -1.64. The molecule has 0 amide bonds. The second-order valence-electron chi connectivity index (χ2n) is 7.28. The van der Waals surface area contributed by atoms with Crippen LogP contribution in [0.25, 0.3) is 0 Å². The van der Waals surface area contributed by atoms with Gasteiger partial charge in [-0.2, -0.15) is 0 Å². The average Bonchev–Trinajstić information content (AvgIpc) is 3.17. The second kappa shape index (κ2) is 9.43. The number of fused-ring (bicyclic) bond motifs is 2. The molecule has 140 valence electrons. The van der Waals surface area contributed by atoms with Gasteiger partial charge in [0.05, 0.1) is 26.4 Å². The normalized spacial score (nSPS) is 29.8. The van der Waals surface area contributed by atoms with Crippen LogP contribution in [0.3, 0.4) is 0 Å². The van der Waals surface area contributed by atoms with E-state index >= 15 is 0 Å². The summed E-state index contributed by atoms with van der Waals surface area (Å²) in [5, 5.41) is 18.0. The fourth-order valence-corrected chi connectivity index (χ4v) is 4.36. The van der Waals surface area contributed by atoms with Gasteiger partial charge in [0.1, 0.15) is 0 Å². The number of hydrogen-bond donors (Lipinski definition) is 2. The summed E-state index contributed by atoms with van der Waals surface area (Å²) in [5.74, 6) is 0. The van der Waals surface area contributed by atoms with Gasteiger partial charge in [0.15, 0.2) is 0 Å². The highest BCUT2D eigenvalue weighted by molar-refractivity contribution is 4.99. The zero-order chi connectivity index (χ0) is 16.8. The van der Waals surface area contributed by atoms with Gasteiger partial charge in [-0.15, -0.1) is 0 Å².